The highest BCUT2D eigenvalue weighted by Gasteiger charge is 2.33. The molecule has 0 radical (unpaired) electrons. The molecule has 2 aromatic rings. The van der Waals surface area contributed by atoms with Crippen LogP contribution in [0.3, 0.4) is 0 Å². The Kier molecular flexibility index (Phi) is 19.4. The van der Waals surface area contributed by atoms with Crippen LogP contribution >= 0.6 is 0 Å². The molecule has 3 amide bonds. The summed E-state index contributed by atoms with van der Waals surface area (Å²) >= 11 is 0. The lowest BCUT2D eigenvalue weighted by atomic mass is 9.80. The molecule has 0 aromatic heterocycles. The van der Waals surface area contributed by atoms with Crippen LogP contribution in [0.25, 0.3) is 0 Å². The third kappa shape index (κ3) is 17.6. The number of hydrogen-bond donors (Lipinski definition) is 2. The fourth-order valence-corrected chi connectivity index (χ4v) is 9.08. The third-order valence-corrected chi connectivity index (χ3v) is 12.6. The van der Waals surface area contributed by atoms with Crippen LogP contribution in [0.1, 0.15) is 142 Å². The Balaban J connectivity index is 0.000000224. The largest absolute Gasteiger partial charge is 0.481 e. The number of nitrogens with zero attached hydrogens (tertiary/aromatic N) is 3. The molecule has 2 heterocycles. The van der Waals surface area contributed by atoms with Crippen molar-refractivity contribution in [3.8, 4) is 0 Å². The van der Waals surface area contributed by atoms with E-state index in [1.54, 1.807) is 16.8 Å². The van der Waals surface area contributed by atoms with Gasteiger partial charge in [0, 0.05) is 46.2 Å². The van der Waals surface area contributed by atoms with Gasteiger partial charge >= 0.3 is 18.2 Å². The molecule has 2 aliphatic heterocycles. The zero-order valence-corrected chi connectivity index (χ0v) is 38.7. The summed E-state index contributed by atoms with van der Waals surface area (Å²) in [5, 5.41) is 12.3. The van der Waals surface area contributed by atoms with Crippen LogP contribution in [0.2, 0.25) is 0 Å². The zero-order valence-electron chi connectivity index (χ0n) is 38.7. The molecule has 61 heavy (non-hydrogen) atoms. The molecule has 11 nitrogen and oxygen atoms in total. The molecule has 0 atom stereocenters. The minimum Gasteiger partial charge on any atom is -0.481 e. The summed E-state index contributed by atoms with van der Waals surface area (Å²) < 4.78 is 10.7. The maximum Gasteiger partial charge on any atom is 0.410 e. The lowest BCUT2D eigenvalue weighted by molar-refractivity contribution is -0.143. The maximum atomic E-state index is 13.0. The van der Waals surface area contributed by atoms with Crippen molar-refractivity contribution in [2.24, 2.45) is 23.7 Å². The highest BCUT2D eigenvalue weighted by atomic mass is 16.6. The van der Waals surface area contributed by atoms with E-state index in [-0.39, 0.29) is 24.0 Å². The minimum atomic E-state index is -0.695. The number of carboxylic acid groups (broad SMARTS) is 1. The van der Waals surface area contributed by atoms with Crippen molar-refractivity contribution in [1.29, 1.82) is 0 Å². The van der Waals surface area contributed by atoms with Crippen molar-refractivity contribution in [2.45, 2.75) is 142 Å². The van der Waals surface area contributed by atoms with Gasteiger partial charge in [-0.2, -0.15) is 0 Å². The van der Waals surface area contributed by atoms with E-state index in [2.05, 4.69) is 70.9 Å². The van der Waals surface area contributed by atoms with E-state index < -0.39 is 17.2 Å². The van der Waals surface area contributed by atoms with Gasteiger partial charge in [0.05, 0.1) is 5.92 Å². The normalized spacial score (nSPS) is 22.6. The minimum absolute atomic E-state index is 0.154. The Morgan fingerprint density at radius 2 is 0.967 bits per heavy atom. The summed E-state index contributed by atoms with van der Waals surface area (Å²) in [4.78, 5) is 53.3. The standard InChI is InChI=1S/C25H38N2O3.C14H25NO4.C11H15N/c1-25(2,3)30-24(29)26(4)18-19-10-12-22(13-11-19)23(28)27-16-14-21(15-17-27)20-8-6-5-7-9-20;1-14(2,3)19-13(18)15(4)9-10-5-7-11(8-6-10)12(16)17;1-2-4-10(5-3-1)11-6-8-12-9-7-11/h5-9,19,21-22H,10-18H2,1-4H3;10-11H,5-9H2,1-4H3,(H,16,17);1-5,11-12H,6-9H2. The predicted octanol–water partition coefficient (Wildman–Crippen LogP) is 9.96. The molecule has 4 fully saturated rings. The van der Waals surface area contributed by atoms with Crippen LogP contribution in [0.4, 0.5) is 9.59 Å². The van der Waals surface area contributed by atoms with Gasteiger partial charge in [-0.25, -0.2) is 9.59 Å². The Labute approximate surface area is 367 Å². The van der Waals surface area contributed by atoms with Gasteiger partial charge in [-0.15, -0.1) is 0 Å². The summed E-state index contributed by atoms with van der Waals surface area (Å²) in [6, 6.07) is 21.5. The van der Waals surface area contributed by atoms with Crippen LogP contribution in [-0.2, 0) is 19.1 Å². The van der Waals surface area contributed by atoms with Gasteiger partial charge in [-0.05, 0) is 166 Å². The number of piperidine rings is 2. The first kappa shape index (κ1) is 49.5. The SMILES string of the molecule is CN(CC1CCC(C(=O)N2CCC(c3ccccc3)CC2)CC1)C(=O)OC(C)(C)C.CN(CC1CCC(C(=O)O)CC1)C(=O)OC(C)(C)C.c1ccc(C2CCNCC2)cc1. The average molecular weight is 847 g/mol. The molecule has 340 valence electrons. The predicted molar refractivity (Wildman–Crippen MR) is 243 cm³/mol. The smallest absolute Gasteiger partial charge is 0.410 e. The molecule has 2 aromatic carbocycles. The van der Waals surface area contributed by atoms with E-state index in [1.165, 1.54) is 37.1 Å². The van der Waals surface area contributed by atoms with Gasteiger partial charge in [0.1, 0.15) is 11.2 Å². The summed E-state index contributed by atoms with van der Waals surface area (Å²) in [7, 11) is 3.54. The van der Waals surface area contributed by atoms with Gasteiger partial charge < -0.3 is 34.6 Å². The highest BCUT2D eigenvalue weighted by molar-refractivity contribution is 5.79. The van der Waals surface area contributed by atoms with Gasteiger partial charge in [-0.1, -0.05) is 60.7 Å². The van der Waals surface area contributed by atoms with Crippen molar-refractivity contribution in [3.05, 3.63) is 71.8 Å². The molecule has 0 spiro atoms. The molecule has 2 aliphatic carbocycles. The van der Waals surface area contributed by atoms with E-state index in [0.717, 1.165) is 70.4 Å². The van der Waals surface area contributed by atoms with Crippen LogP contribution in [0, 0.1) is 23.7 Å². The van der Waals surface area contributed by atoms with Crippen LogP contribution in [0.5, 0.6) is 0 Å². The first-order valence-electron chi connectivity index (χ1n) is 23.1. The van der Waals surface area contributed by atoms with E-state index in [0.29, 0.717) is 49.6 Å². The summed E-state index contributed by atoms with van der Waals surface area (Å²) in [5.74, 6) is 1.81. The van der Waals surface area contributed by atoms with Gasteiger partial charge in [0.25, 0.3) is 0 Å². The number of carbonyl (C=O) groups is 4. The van der Waals surface area contributed by atoms with Gasteiger partial charge in [0.15, 0.2) is 0 Å². The topological polar surface area (TPSA) is 129 Å². The fraction of sp³-hybridized carbons (Fsp3) is 0.680. The quantitative estimate of drug-likeness (QED) is 0.269. The van der Waals surface area contributed by atoms with Crippen molar-refractivity contribution in [3.63, 3.8) is 0 Å². The lowest BCUT2D eigenvalue weighted by Crippen LogP contribution is -2.43. The fourth-order valence-electron chi connectivity index (χ4n) is 9.08. The second-order valence-electron chi connectivity index (χ2n) is 19.9. The number of nitrogens with one attached hydrogen (secondary N) is 1. The first-order chi connectivity index (χ1) is 28.9. The van der Waals surface area contributed by atoms with Crippen molar-refractivity contribution in [1.82, 2.24) is 20.0 Å². The van der Waals surface area contributed by atoms with E-state index >= 15 is 0 Å². The number of likely N-dealkylation sites (tertiary alicyclic amines) is 1. The molecule has 4 aliphatic rings. The Hall–Kier alpha value is -4.12. The van der Waals surface area contributed by atoms with Crippen molar-refractivity contribution >= 4 is 24.1 Å². The number of rotatable bonds is 8. The number of aliphatic carboxylic acids is 1. The Bertz CT molecular complexity index is 1610. The highest BCUT2D eigenvalue weighted by Crippen LogP contribution is 2.34. The molecule has 2 saturated heterocycles. The van der Waals surface area contributed by atoms with E-state index in [4.69, 9.17) is 14.6 Å². The van der Waals surface area contributed by atoms with Crippen molar-refractivity contribution in [2.75, 3.05) is 53.4 Å². The van der Waals surface area contributed by atoms with Gasteiger partial charge in [-0.3, -0.25) is 9.59 Å². The van der Waals surface area contributed by atoms with Crippen LogP contribution in [-0.4, -0.2) is 108 Å². The molecule has 2 N–H and O–H groups in total. The number of carbonyl (C=O) groups excluding carboxylic acids is 3. The monoisotopic (exact) mass is 847 g/mol. The van der Waals surface area contributed by atoms with Crippen molar-refractivity contribution < 1.29 is 33.8 Å². The molecular formula is C50H78N4O7. The van der Waals surface area contributed by atoms with Crippen LogP contribution in [0.15, 0.2) is 60.7 Å². The second kappa shape index (κ2) is 23.9. The maximum absolute atomic E-state index is 13.0. The van der Waals surface area contributed by atoms with Crippen LogP contribution < -0.4 is 5.32 Å². The Morgan fingerprint density at radius 1 is 0.590 bits per heavy atom. The molecular weight excluding hydrogens is 769 g/mol. The Morgan fingerprint density at radius 3 is 1.34 bits per heavy atom. The third-order valence-electron chi connectivity index (χ3n) is 12.6. The number of ether oxygens (including phenoxy) is 2. The molecule has 11 heteroatoms. The summed E-state index contributed by atoms with van der Waals surface area (Å²) in [6.45, 7) is 16.6. The molecule has 6 rings (SSSR count). The average Bonchev–Trinajstić information content (AvgIpc) is 3.24. The number of benzene rings is 2. The number of carboxylic acids is 1. The lowest BCUT2D eigenvalue weighted by Gasteiger charge is -2.37. The van der Waals surface area contributed by atoms with E-state index in [9.17, 15) is 19.2 Å². The van der Waals surface area contributed by atoms with E-state index in [1.807, 2.05) is 48.6 Å². The summed E-state index contributed by atoms with van der Waals surface area (Å²) in [6.07, 6.45) is 11.2. The molecule has 0 unspecified atom stereocenters. The second-order valence-corrected chi connectivity index (χ2v) is 19.9. The van der Waals surface area contributed by atoms with Gasteiger partial charge in [0.2, 0.25) is 5.91 Å². The summed E-state index contributed by atoms with van der Waals surface area (Å²) in [5.41, 5.74) is 1.97. The molecule has 0 bridgehead atoms. The first-order valence-corrected chi connectivity index (χ1v) is 23.1. The number of amides is 3. The zero-order chi connectivity index (χ0) is 44.6. The number of hydrogen-bond acceptors (Lipinski definition) is 7. The molecule has 2 saturated carbocycles.